The number of methoxy groups -OCH3 is 1. The maximum Gasteiger partial charge on any atom is 0.257 e. The number of hydrogen-bond donors (Lipinski definition) is 1. The summed E-state index contributed by atoms with van der Waals surface area (Å²) >= 11 is 0. The number of hydrogen-bond acceptors (Lipinski definition) is 6. The first-order chi connectivity index (χ1) is 16.3. The zero-order valence-corrected chi connectivity index (χ0v) is 21.3. The Morgan fingerprint density at radius 2 is 1.94 bits per heavy atom. The first-order valence-corrected chi connectivity index (χ1v) is 12.5. The summed E-state index contributed by atoms with van der Waals surface area (Å²) in [5, 5.41) is 2.86. The lowest BCUT2D eigenvalue weighted by Gasteiger charge is -2.38. The minimum atomic E-state index is -0.120. The molecule has 1 aromatic rings. The van der Waals surface area contributed by atoms with E-state index >= 15 is 0 Å². The maximum absolute atomic E-state index is 13.3. The third kappa shape index (κ3) is 6.93. The number of ether oxygens (including phenoxy) is 3. The molecule has 8 nitrogen and oxygen atoms in total. The molecule has 2 aliphatic heterocycles. The second-order valence-electron chi connectivity index (χ2n) is 9.72. The number of anilines is 1. The standard InChI is InChI=1S/C26H41N3O5/c1-6-25(30)27-21-7-8-22-23(13-21)34-17-19(3)29(15-20-9-11-33-12-10-20)14-18(2)24(32-5)16-28(4)26(22)31/h7-8,13,18-20,24H,6,9-12,14-17H2,1-5H3,(H,27,30)/t18-,19+,24+/m1/s1. The maximum atomic E-state index is 13.3. The Kier molecular flexibility index (Phi) is 9.74. The van der Waals surface area contributed by atoms with Gasteiger partial charge in [0.2, 0.25) is 5.91 Å². The molecule has 0 unspecified atom stereocenters. The molecule has 2 heterocycles. The molecule has 1 aromatic carbocycles. The van der Waals surface area contributed by atoms with E-state index in [0.29, 0.717) is 42.5 Å². The number of fused-ring (bicyclic) bond motifs is 1. The van der Waals surface area contributed by atoms with E-state index in [1.54, 1.807) is 44.2 Å². The van der Waals surface area contributed by atoms with Crippen molar-refractivity contribution in [3.63, 3.8) is 0 Å². The highest BCUT2D eigenvalue weighted by molar-refractivity contribution is 5.98. The Balaban J connectivity index is 1.89. The molecular weight excluding hydrogens is 434 g/mol. The van der Waals surface area contributed by atoms with Gasteiger partial charge in [0.25, 0.3) is 5.91 Å². The van der Waals surface area contributed by atoms with Gasteiger partial charge in [0.15, 0.2) is 0 Å². The summed E-state index contributed by atoms with van der Waals surface area (Å²) in [5.74, 6) is 1.14. The first kappa shape index (κ1) is 26.4. The molecule has 1 saturated heterocycles. The quantitative estimate of drug-likeness (QED) is 0.704. The van der Waals surface area contributed by atoms with Crippen LogP contribution in [0.3, 0.4) is 0 Å². The van der Waals surface area contributed by atoms with Gasteiger partial charge in [-0.15, -0.1) is 0 Å². The molecule has 2 aliphatic rings. The van der Waals surface area contributed by atoms with Crippen molar-refractivity contribution in [3.8, 4) is 5.75 Å². The number of amides is 2. The number of carbonyl (C=O) groups excluding carboxylic acids is 2. The van der Waals surface area contributed by atoms with Crippen LogP contribution in [0.1, 0.15) is 50.4 Å². The fraction of sp³-hybridized carbons (Fsp3) is 0.692. The fourth-order valence-corrected chi connectivity index (χ4v) is 4.69. The summed E-state index contributed by atoms with van der Waals surface area (Å²) in [6.45, 7) is 10.6. The van der Waals surface area contributed by atoms with Crippen LogP contribution < -0.4 is 10.1 Å². The van der Waals surface area contributed by atoms with E-state index in [1.807, 2.05) is 0 Å². The van der Waals surface area contributed by atoms with E-state index in [9.17, 15) is 9.59 Å². The van der Waals surface area contributed by atoms with Gasteiger partial charge >= 0.3 is 0 Å². The molecule has 1 N–H and O–H groups in total. The average molecular weight is 476 g/mol. The van der Waals surface area contributed by atoms with Crippen LogP contribution in [0.2, 0.25) is 0 Å². The van der Waals surface area contributed by atoms with Crippen molar-refractivity contribution in [2.45, 2.75) is 52.2 Å². The zero-order chi connectivity index (χ0) is 24.7. The van der Waals surface area contributed by atoms with Gasteiger partial charge in [0, 0.05) is 71.2 Å². The van der Waals surface area contributed by atoms with Crippen LogP contribution in [0.5, 0.6) is 5.75 Å². The topological polar surface area (TPSA) is 80.3 Å². The molecule has 2 amide bonds. The summed E-state index contributed by atoms with van der Waals surface area (Å²) in [7, 11) is 3.52. The Morgan fingerprint density at radius 1 is 1.21 bits per heavy atom. The van der Waals surface area contributed by atoms with Crippen molar-refractivity contribution < 1.29 is 23.8 Å². The molecule has 0 saturated carbocycles. The minimum absolute atomic E-state index is 0.0785. The number of rotatable bonds is 5. The number of likely N-dealkylation sites (N-methyl/N-ethyl adjacent to an activating group) is 1. The Morgan fingerprint density at radius 3 is 2.62 bits per heavy atom. The lowest BCUT2D eigenvalue weighted by molar-refractivity contribution is -0.115. The summed E-state index contributed by atoms with van der Waals surface area (Å²) < 4.78 is 17.7. The Bertz CT molecular complexity index is 827. The van der Waals surface area contributed by atoms with Crippen molar-refractivity contribution in [1.29, 1.82) is 0 Å². The van der Waals surface area contributed by atoms with Crippen molar-refractivity contribution in [2.24, 2.45) is 11.8 Å². The van der Waals surface area contributed by atoms with Crippen molar-refractivity contribution in [1.82, 2.24) is 9.80 Å². The SMILES string of the molecule is CCC(=O)Nc1ccc2c(c1)OC[C@H](C)N(CC1CCOCC1)C[C@@H](C)[C@@H](OC)CN(C)C2=O. The van der Waals surface area contributed by atoms with Crippen LogP contribution in [0, 0.1) is 11.8 Å². The predicted molar refractivity (Wildman–Crippen MR) is 132 cm³/mol. The summed E-state index contributed by atoms with van der Waals surface area (Å²) in [5.41, 5.74) is 1.12. The number of nitrogens with zero attached hydrogens (tertiary/aromatic N) is 2. The summed E-state index contributed by atoms with van der Waals surface area (Å²) in [4.78, 5) is 29.4. The van der Waals surface area contributed by atoms with E-state index in [0.717, 1.165) is 39.1 Å². The Hall–Kier alpha value is -2.16. The Labute approximate surface area is 203 Å². The molecule has 3 rings (SSSR count). The zero-order valence-electron chi connectivity index (χ0n) is 21.3. The highest BCUT2D eigenvalue weighted by Crippen LogP contribution is 2.27. The number of carbonyl (C=O) groups is 2. The van der Waals surface area contributed by atoms with Crippen LogP contribution in [0.15, 0.2) is 18.2 Å². The van der Waals surface area contributed by atoms with Crippen LogP contribution in [0.25, 0.3) is 0 Å². The van der Waals surface area contributed by atoms with Crippen LogP contribution >= 0.6 is 0 Å². The molecular formula is C26H41N3O5. The van der Waals surface area contributed by atoms with Crippen LogP contribution in [0.4, 0.5) is 5.69 Å². The summed E-state index contributed by atoms with van der Waals surface area (Å²) in [6, 6.07) is 5.40. The van der Waals surface area contributed by atoms with Crippen molar-refractivity contribution in [3.05, 3.63) is 23.8 Å². The third-order valence-corrected chi connectivity index (χ3v) is 7.01. The highest BCUT2D eigenvalue weighted by Gasteiger charge is 2.30. The van der Waals surface area contributed by atoms with Gasteiger partial charge in [-0.05, 0) is 43.7 Å². The van der Waals surface area contributed by atoms with Crippen molar-refractivity contribution in [2.75, 3.05) is 58.9 Å². The second kappa shape index (κ2) is 12.5. The smallest absolute Gasteiger partial charge is 0.257 e. The molecule has 0 radical (unpaired) electrons. The monoisotopic (exact) mass is 475 g/mol. The number of benzene rings is 1. The molecule has 8 heteroatoms. The lowest BCUT2D eigenvalue weighted by atomic mass is 9.96. The molecule has 1 fully saturated rings. The van der Waals surface area contributed by atoms with Gasteiger partial charge in [0.1, 0.15) is 12.4 Å². The molecule has 0 spiro atoms. The minimum Gasteiger partial charge on any atom is -0.491 e. The molecule has 0 bridgehead atoms. The largest absolute Gasteiger partial charge is 0.491 e. The van der Waals surface area contributed by atoms with Gasteiger partial charge < -0.3 is 24.4 Å². The van der Waals surface area contributed by atoms with Gasteiger partial charge in [-0.1, -0.05) is 13.8 Å². The number of nitrogens with one attached hydrogen (secondary N) is 1. The molecule has 190 valence electrons. The van der Waals surface area contributed by atoms with E-state index in [4.69, 9.17) is 14.2 Å². The van der Waals surface area contributed by atoms with E-state index in [1.165, 1.54) is 0 Å². The lowest BCUT2D eigenvalue weighted by Crippen LogP contribution is -2.48. The normalized spacial score (nSPS) is 25.6. The molecule has 34 heavy (non-hydrogen) atoms. The predicted octanol–water partition coefficient (Wildman–Crippen LogP) is 3.27. The van der Waals surface area contributed by atoms with Crippen LogP contribution in [-0.2, 0) is 14.3 Å². The first-order valence-electron chi connectivity index (χ1n) is 12.5. The van der Waals surface area contributed by atoms with E-state index in [-0.39, 0.29) is 29.9 Å². The molecule has 0 aromatic heterocycles. The average Bonchev–Trinajstić information content (AvgIpc) is 2.84. The van der Waals surface area contributed by atoms with Gasteiger partial charge in [0.05, 0.1) is 11.7 Å². The van der Waals surface area contributed by atoms with Gasteiger partial charge in [-0.25, -0.2) is 0 Å². The summed E-state index contributed by atoms with van der Waals surface area (Å²) in [6.07, 6.45) is 2.46. The molecule has 0 aliphatic carbocycles. The fourth-order valence-electron chi connectivity index (χ4n) is 4.69. The molecule has 3 atom stereocenters. The van der Waals surface area contributed by atoms with E-state index in [2.05, 4.69) is 24.1 Å². The third-order valence-electron chi connectivity index (χ3n) is 7.01. The van der Waals surface area contributed by atoms with Gasteiger partial charge in [-0.3, -0.25) is 14.5 Å². The van der Waals surface area contributed by atoms with Gasteiger partial charge in [-0.2, -0.15) is 0 Å². The van der Waals surface area contributed by atoms with Crippen molar-refractivity contribution >= 4 is 17.5 Å². The second-order valence-corrected chi connectivity index (χ2v) is 9.72. The highest BCUT2D eigenvalue weighted by atomic mass is 16.5. The van der Waals surface area contributed by atoms with E-state index < -0.39 is 0 Å². The van der Waals surface area contributed by atoms with Crippen LogP contribution in [-0.4, -0.2) is 87.4 Å².